The number of carbonyl (C=O) groups is 1. The monoisotopic (exact) mass is 304 g/mol. The summed E-state index contributed by atoms with van der Waals surface area (Å²) in [6.45, 7) is 1.45. The Bertz CT molecular complexity index is 583. The molecule has 0 aliphatic carbocycles. The maximum absolute atomic E-state index is 12.9. The summed E-state index contributed by atoms with van der Waals surface area (Å²) in [6.07, 6.45) is -4.37. The number of hydrogen-bond acceptors (Lipinski definition) is 3. The fourth-order valence-electron chi connectivity index (χ4n) is 1.97. The molecule has 1 aromatic carbocycles. The van der Waals surface area contributed by atoms with Crippen LogP contribution < -0.4 is 5.43 Å². The first-order chi connectivity index (χ1) is 9.68. The topological polar surface area (TPSA) is 52.6 Å². The molecule has 2 rings (SSSR count). The zero-order valence-corrected chi connectivity index (χ0v) is 10.9. The van der Waals surface area contributed by atoms with Gasteiger partial charge in [-0.25, -0.2) is 9.40 Å². The smallest absolute Gasteiger partial charge is 0.362 e. The summed E-state index contributed by atoms with van der Waals surface area (Å²) in [4.78, 5) is 11.8. The number of alkyl halides is 3. The molecule has 1 aromatic rings. The van der Waals surface area contributed by atoms with Crippen LogP contribution in [0.4, 0.5) is 17.6 Å². The molecule has 1 heterocycles. The normalized spacial score (nSPS) is 22.0. The fraction of sp³-hybridized carbons (Fsp3) is 0.308. The molecule has 0 saturated heterocycles. The Labute approximate surface area is 117 Å². The van der Waals surface area contributed by atoms with Gasteiger partial charge in [-0.15, -0.1) is 0 Å². The number of hydrazine groups is 1. The van der Waals surface area contributed by atoms with Crippen LogP contribution >= 0.6 is 0 Å². The van der Waals surface area contributed by atoms with Gasteiger partial charge in [-0.1, -0.05) is 19.1 Å². The summed E-state index contributed by atoms with van der Waals surface area (Å²) in [5, 5.41) is 11.0. The molecule has 1 atom stereocenters. The van der Waals surface area contributed by atoms with Gasteiger partial charge in [0.15, 0.2) is 0 Å². The van der Waals surface area contributed by atoms with Gasteiger partial charge < -0.3 is 5.11 Å². The lowest BCUT2D eigenvalue weighted by molar-refractivity contribution is -0.158. The van der Waals surface area contributed by atoms with Gasteiger partial charge in [-0.05, 0) is 12.1 Å². The third kappa shape index (κ3) is 2.71. The number of halogens is 4. The van der Waals surface area contributed by atoms with E-state index in [4.69, 9.17) is 0 Å². The van der Waals surface area contributed by atoms with Crippen molar-refractivity contribution in [1.29, 1.82) is 0 Å². The number of aliphatic hydroxyl groups is 1. The minimum Gasteiger partial charge on any atom is -0.362 e. The zero-order valence-electron chi connectivity index (χ0n) is 10.9. The summed E-state index contributed by atoms with van der Waals surface area (Å²) < 4.78 is 51.3. The molecule has 0 bridgehead atoms. The van der Waals surface area contributed by atoms with Gasteiger partial charge in [0, 0.05) is 18.1 Å². The first kappa shape index (κ1) is 15.3. The maximum atomic E-state index is 12.9. The number of benzene rings is 1. The first-order valence-electron chi connectivity index (χ1n) is 6.06. The quantitative estimate of drug-likeness (QED) is 0.823. The minimum atomic E-state index is -4.75. The zero-order chi connectivity index (χ0) is 15.8. The van der Waals surface area contributed by atoms with Crippen molar-refractivity contribution >= 4 is 5.91 Å². The Morgan fingerprint density at radius 1 is 1.33 bits per heavy atom. The Hall–Kier alpha value is -2.09. The summed E-state index contributed by atoms with van der Waals surface area (Å²) in [5.41, 5.74) is -1.78. The van der Waals surface area contributed by atoms with E-state index in [0.717, 1.165) is 24.3 Å². The molecule has 1 amide bonds. The van der Waals surface area contributed by atoms with Crippen LogP contribution in [-0.2, 0) is 10.5 Å². The molecule has 4 nitrogen and oxygen atoms in total. The molecule has 0 saturated carbocycles. The maximum Gasteiger partial charge on any atom is 0.432 e. The van der Waals surface area contributed by atoms with Crippen LogP contribution in [0.25, 0.3) is 0 Å². The highest BCUT2D eigenvalue weighted by molar-refractivity contribution is 5.77. The summed E-state index contributed by atoms with van der Waals surface area (Å²) in [6, 6.07) is 4.20. The van der Waals surface area contributed by atoms with E-state index in [2.05, 4.69) is 0 Å². The second-order valence-electron chi connectivity index (χ2n) is 4.48. The van der Waals surface area contributed by atoms with Crippen LogP contribution in [0.1, 0.15) is 18.9 Å². The number of carbonyl (C=O) groups excluding carboxylic acids is 1. The van der Waals surface area contributed by atoms with Gasteiger partial charge in [0.2, 0.25) is 11.6 Å². The average Bonchev–Trinajstić information content (AvgIpc) is 2.78. The van der Waals surface area contributed by atoms with Gasteiger partial charge in [0.05, 0.1) is 0 Å². The number of hydrogen-bond donors (Lipinski definition) is 2. The van der Waals surface area contributed by atoms with E-state index in [-0.39, 0.29) is 12.0 Å². The highest BCUT2D eigenvalue weighted by atomic mass is 19.4. The Kier molecular flexibility index (Phi) is 3.66. The predicted molar refractivity (Wildman–Crippen MR) is 64.7 cm³/mol. The van der Waals surface area contributed by atoms with Crippen LogP contribution in [-0.4, -0.2) is 22.2 Å². The fourth-order valence-corrected chi connectivity index (χ4v) is 1.97. The van der Waals surface area contributed by atoms with Crippen molar-refractivity contribution in [2.45, 2.75) is 25.2 Å². The van der Waals surface area contributed by atoms with E-state index < -0.39 is 29.3 Å². The number of nitrogens with zero attached hydrogens (tertiary/aromatic N) is 1. The van der Waals surface area contributed by atoms with Crippen LogP contribution in [0.2, 0.25) is 0 Å². The molecule has 1 aliphatic heterocycles. The van der Waals surface area contributed by atoms with Gasteiger partial charge in [0.25, 0.3) is 0 Å². The van der Waals surface area contributed by atoms with E-state index in [9.17, 15) is 27.5 Å². The molecule has 0 radical (unpaired) electrons. The van der Waals surface area contributed by atoms with Crippen molar-refractivity contribution in [3.63, 3.8) is 0 Å². The number of rotatable bonds is 2. The minimum absolute atomic E-state index is 0.0579. The highest BCUT2D eigenvalue weighted by Gasteiger charge is 2.49. The lowest BCUT2D eigenvalue weighted by Gasteiger charge is -2.32. The lowest BCUT2D eigenvalue weighted by Crippen LogP contribution is -2.51. The Morgan fingerprint density at radius 3 is 2.38 bits per heavy atom. The van der Waals surface area contributed by atoms with Crippen molar-refractivity contribution in [3.8, 4) is 0 Å². The molecule has 0 spiro atoms. The highest BCUT2D eigenvalue weighted by Crippen LogP contribution is 2.37. The molecule has 0 aromatic heterocycles. The number of nitrogens with one attached hydrogen (secondary N) is 1. The van der Waals surface area contributed by atoms with Gasteiger partial charge in [-0.3, -0.25) is 10.2 Å². The molecule has 114 valence electrons. The molecule has 0 fully saturated rings. The van der Waals surface area contributed by atoms with Crippen molar-refractivity contribution in [2.24, 2.45) is 0 Å². The number of allylic oxidation sites excluding steroid dienone is 1. The second-order valence-corrected chi connectivity index (χ2v) is 4.48. The lowest BCUT2D eigenvalue weighted by atomic mass is 10.0. The van der Waals surface area contributed by atoms with Crippen molar-refractivity contribution < 1.29 is 27.5 Å². The average molecular weight is 304 g/mol. The van der Waals surface area contributed by atoms with E-state index >= 15 is 0 Å². The standard InChI is InChI=1S/C13H12F4N2O2/c1-2-11(20)19-12(21,7-10(18-19)13(15,16)17)8-3-5-9(14)6-4-8/h3-7,18,21H,2H2,1H3. The summed E-state index contributed by atoms with van der Waals surface area (Å²) in [7, 11) is 0. The Morgan fingerprint density at radius 2 is 1.90 bits per heavy atom. The van der Waals surface area contributed by atoms with Crippen LogP contribution in [0.3, 0.4) is 0 Å². The third-order valence-corrected chi connectivity index (χ3v) is 3.05. The second kappa shape index (κ2) is 5.03. The number of amides is 1. The summed E-state index contributed by atoms with van der Waals surface area (Å²) >= 11 is 0. The van der Waals surface area contributed by atoms with Gasteiger partial charge in [-0.2, -0.15) is 13.2 Å². The van der Waals surface area contributed by atoms with E-state index in [1.807, 2.05) is 5.43 Å². The van der Waals surface area contributed by atoms with Crippen molar-refractivity contribution in [1.82, 2.24) is 10.4 Å². The Balaban J connectivity index is 2.50. The molecule has 1 aliphatic rings. The van der Waals surface area contributed by atoms with Crippen LogP contribution in [0.5, 0.6) is 0 Å². The van der Waals surface area contributed by atoms with Gasteiger partial charge in [0.1, 0.15) is 11.5 Å². The van der Waals surface area contributed by atoms with Crippen LogP contribution in [0.15, 0.2) is 36.0 Å². The molecule has 21 heavy (non-hydrogen) atoms. The van der Waals surface area contributed by atoms with Gasteiger partial charge >= 0.3 is 6.18 Å². The molecule has 2 N–H and O–H groups in total. The van der Waals surface area contributed by atoms with Crippen molar-refractivity contribution in [2.75, 3.05) is 0 Å². The van der Waals surface area contributed by atoms with E-state index in [0.29, 0.717) is 11.1 Å². The SMILES string of the molecule is CCC(=O)N1NC(C(F)(F)F)=CC1(O)c1ccc(F)cc1. The third-order valence-electron chi connectivity index (χ3n) is 3.05. The van der Waals surface area contributed by atoms with E-state index in [1.165, 1.54) is 6.92 Å². The predicted octanol–water partition coefficient (Wildman–Crippen LogP) is 2.17. The molecule has 8 heteroatoms. The first-order valence-corrected chi connectivity index (χ1v) is 6.06. The molecule has 1 unspecified atom stereocenters. The largest absolute Gasteiger partial charge is 0.432 e. The van der Waals surface area contributed by atoms with E-state index in [1.54, 1.807) is 0 Å². The van der Waals surface area contributed by atoms with Crippen LogP contribution in [0, 0.1) is 5.82 Å². The molecular weight excluding hydrogens is 292 g/mol. The van der Waals surface area contributed by atoms with Crippen molar-refractivity contribution in [3.05, 3.63) is 47.4 Å². The molecular formula is C13H12F4N2O2. The summed E-state index contributed by atoms with van der Waals surface area (Å²) in [5.74, 6) is -1.35.